The van der Waals surface area contributed by atoms with Crippen LogP contribution in [0, 0.1) is 0 Å². The van der Waals surface area contributed by atoms with Gasteiger partial charge in [-0.25, -0.2) is 0 Å². The summed E-state index contributed by atoms with van der Waals surface area (Å²) < 4.78 is 0. The number of rotatable bonds is 3. The molecule has 2 N–H and O–H groups in total. The second-order valence-electron chi connectivity index (χ2n) is 4.95. The molecular weight excluding hydrogens is 218 g/mol. The van der Waals surface area contributed by atoms with Crippen LogP contribution in [0.3, 0.4) is 0 Å². The number of piperazine rings is 1. The van der Waals surface area contributed by atoms with Crippen LogP contribution >= 0.6 is 0 Å². The van der Waals surface area contributed by atoms with Crippen molar-refractivity contribution in [1.82, 2.24) is 15.1 Å². The first kappa shape index (κ1) is 12.8. The molecule has 5 heteroatoms. The first-order valence-electron chi connectivity index (χ1n) is 6.64. The van der Waals surface area contributed by atoms with Crippen molar-refractivity contribution in [1.29, 1.82) is 0 Å². The van der Waals surface area contributed by atoms with Gasteiger partial charge in [0, 0.05) is 52.2 Å². The highest BCUT2D eigenvalue weighted by molar-refractivity contribution is 5.76. The van der Waals surface area contributed by atoms with E-state index in [2.05, 4.69) is 10.2 Å². The van der Waals surface area contributed by atoms with E-state index in [0.29, 0.717) is 6.42 Å². The third-order valence-electron chi connectivity index (χ3n) is 3.67. The van der Waals surface area contributed by atoms with Crippen molar-refractivity contribution in [3.63, 3.8) is 0 Å². The van der Waals surface area contributed by atoms with E-state index < -0.39 is 0 Å². The molecule has 0 aromatic heterocycles. The molecule has 2 saturated heterocycles. The number of hydrogen-bond acceptors (Lipinski definition) is 4. The normalized spacial score (nSPS) is 23.9. The number of aliphatic hydroxyl groups is 1. The van der Waals surface area contributed by atoms with Gasteiger partial charge in [0.15, 0.2) is 0 Å². The Bertz CT molecular complexity index is 246. The third kappa shape index (κ3) is 3.94. The van der Waals surface area contributed by atoms with E-state index in [4.69, 9.17) is 0 Å². The summed E-state index contributed by atoms with van der Waals surface area (Å²) in [5, 5.41) is 12.7. The molecule has 0 bridgehead atoms. The highest BCUT2D eigenvalue weighted by Gasteiger charge is 2.21. The number of piperidine rings is 1. The van der Waals surface area contributed by atoms with Gasteiger partial charge in [0.1, 0.15) is 0 Å². The minimum absolute atomic E-state index is 0.202. The Labute approximate surface area is 103 Å². The topological polar surface area (TPSA) is 55.8 Å². The minimum atomic E-state index is -0.202. The Balaban J connectivity index is 1.66. The zero-order chi connectivity index (χ0) is 12.1. The number of nitrogens with one attached hydrogen (secondary N) is 1. The van der Waals surface area contributed by atoms with Gasteiger partial charge in [0.2, 0.25) is 5.91 Å². The first-order valence-corrected chi connectivity index (χ1v) is 6.64. The predicted molar refractivity (Wildman–Crippen MR) is 65.7 cm³/mol. The van der Waals surface area contributed by atoms with E-state index in [9.17, 15) is 9.90 Å². The number of amides is 1. The molecular formula is C12H23N3O2. The molecule has 0 aliphatic carbocycles. The number of hydrogen-bond donors (Lipinski definition) is 2. The van der Waals surface area contributed by atoms with Gasteiger partial charge in [0.25, 0.3) is 0 Å². The lowest BCUT2D eigenvalue weighted by Gasteiger charge is -2.31. The molecule has 0 unspecified atom stereocenters. The van der Waals surface area contributed by atoms with Crippen molar-refractivity contribution < 1.29 is 9.90 Å². The van der Waals surface area contributed by atoms with Crippen LogP contribution in [0.2, 0.25) is 0 Å². The summed E-state index contributed by atoms with van der Waals surface area (Å²) in [5.41, 5.74) is 0. The monoisotopic (exact) mass is 241 g/mol. The predicted octanol–water partition coefficient (Wildman–Crippen LogP) is -0.735. The van der Waals surface area contributed by atoms with Crippen LogP contribution in [0.15, 0.2) is 0 Å². The van der Waals surface area contributed by atoms with Gasteiger partial charge in [-0.05, 0) is 12.8 Å². The summed E-state index contributed by atoms with van der Waals surface area (Å²) >= 11 is 0. The molecule has 0 atom stereocenters. The fourth-order valence-electron chi connectivity index (χ4n) is 2.46. The van der Waals surface area contributed by atoms with E-state index in [1.165, 1.54) is 0 Å². The van der Waals surface area contributed by atoms with Crippen molar-refractivity contribution >= 4 is 5.91 Å². The van der Waals surface area contributed by atoms with Gasteiger partial charge in [-0.3, -0.25) is 4.79 Å². The number of carbonyl (C=O) groups is 1. The highest BCUT2D eigenvalue weighted by Crippen LogP contribution is 2.11. The van der Waals surface area contributed by atoms with Gasteiger partial charge in [-0.1, -0.05) is 0 Å². The summed E-state index contributed by atoms with van der Waals surface area (Å²) in [6.45, 7) is 6.48. The third-order valence-corrected chi connectivity index (χ3v) is 3.67. The minimum Gasteiger partial charge on any atom is -0.393 e. The van der Waals surface area contributed by atoms with Crippen LogP contribution in [-0.4, -0.2) is 72.7 Å². The molecule has 17 heavy (non-hydrogen) atoms. The molecule has 2 aliphatic heterocycles. The molecule has 2 heterocycles. The fraction of sp³-hybridized carbons (Fsp3) is 0.917. The SMILES string of the molecule is O=C(CCN1CCNCC1)N1CCC(O)CC1. The molecule has 0 aromatic carbocycles. The van der Waals surface area contributed by atoms with Gasteiger partial charge in [-0.15, -0.1) is 0 Å². The van der Waals surface area contributed by atoms with Crippen LogP contribution in [0.4, 0.5) is 0 Å². The second kappa shape index (κ2) is 6.33. The molecule has 0 aromatic rings. The highest BCUT2D eigenvalue weighted by atomic mass is 16.3. The Hall–Kier alpha value is -0.650. The van der Waals surface area contributed by atoms with E-state index in [1.54, 1.807) is 0 Å². The van der Waals surface area contributed by atoms with Crippen LogP contribution < -0.4 is 5.32 Å². The summed E-state index contributed by atoms with van der Waals surface area (Å²) in [5.74, 6) is 0.246. The van der Waals surface area contributed by atoms with Crippen molar-refractivity contribution in [2.75, 3.05) is 45.8 Å². The number of carbonyl (C=O) groups excluding carboxylic acids is 1. The van der Waals surface area contributed by atoms with E-state index in [-0.39, 0.29) is 12.0 Å². The maximum Gasteiger partial charge on any atom is 0.223 e. The van der Waals surface area contributed by atoms with Gasteiger partial charge < -0.3 is 20.2 Å². The Kier molecular flexibility index (Phi) is 4.76. The quantitative estimate of drug-likeness (QED) is 0.684. The molecule has 2 fully saturated rings. The molecule has 98 valence electrons. The fourth-order valence-corrected chi connectivity index (χ4v) is 2.46. The Morgan fingerprint density at radius 2 is 1.82 bits per heavy atom. The standard InChI is InChI=1S/C12H23N3O2/c16-11-1-7-15(8-2-11)12(17)3-6-14-9-4-13-5-10-14/h11,13,16H,1-10H2. The van der Waals surface area contributed by atoms with Gasteiger partial charge in [-0.2, -0.15) is 0 Å². The zero-order valence-corrected chi connectivity index (χ0v) is 10.4. The maximum atomic E-state index is 11.9. The van der Waals surface area contributed by atoms with Crippen molar-refractivity contribution in [2.24, 2.45) is 0 Å². The van der Waals surface area contributed by atoms with Crippen LogP contribution in [-0.2, 0) is 4.79 Å². The van der Waals surface area contributed by atoms with Crippen molar-refractivity contribution in [3.05, 3.63) is 0 Å². The molecule has 0 saturated carbocycles. The lowest BCUT2D eigenvalue weighted by atomic mass is 10.1. The van der Waals surface area contributed by atoms with Crippen LogP contribution in [0.25, 0.3) is 0 Å². The number of likely N-dealkylation sites (tertiary alicyclic amines) is 1. The summed E-state index contributed by atoms with van der Waals surface area (Å²) in [6, 6.07) is 0. The lowest BCUT2D eigenvalue weighted by Crippen LogP contribution is -2.46. The van der Waals surface area contributed by atoms with E-state index in [0.717, 1.165) is 58.7 Å². The summed E-state index contributed by atoms with van der Waals surface area (Å²) in [6.07, 6.45) is 1.89. The smallest absolute Gasteiger partial charge is 0.223 e. The number of aliphatic hydroxyl groups excluding tert-OH is 1. The molecule has 1 amide bonds. The molecule has 2 aliphatic rings. The lowest BCUT2D eigenvalue weighted by molar-refractivity contribution is -0.133. The summed E-state index contributed by atoms with van der Waals surface area (Å²) in [4.78, 5) is 16.2. The summed E-state index contributed by atoms with van der Waals surface area (Å²) in [7, 11) is 0. The van der Waals surface area contributed by atoms with Gasteiger partial charge in [0.05, 0.1) is 6.10 Å². The first-order chi connectivity index (χ1) is 8.25. The Morgan fingerprint density at radius 1 is 1.18 bits per heavy atom. The van der Waals surface area contributed by atoms with Crippen molar-refractivity contribution in [3.8, 4) is 0 Å². The average molecular weight is 241 g/mol. The zero-order valence-electron chi connectivity index (χ0n) is 10.4. The average Bonchev–Trinajstić information content (AvgIpc) is 2.38. The largest absolute Gasteiger partial charge is 0.393 e. The molecule has 0 spiro atoms. The van der Waals surface area contributed by atoms with E-state index >= 15 is 0 Å². The molecule has 2 rings (SSSR count). The van der Waals surface area contributed by atoms with E-state index in [1.807, 2.05) is 4.90 Å². The van der Waals surface area contributed by atoms with Crippen LogP contribution in [0.5, 0.6) is 0 Å². The van der Waals surface area contributed by atoms with Gasteiger partial charge >= 0.3 is 0 Å². The van der Waals surface area contributed by atoms with Crippen molar-refractivity contribution in [2.45, 2.75) is 25.4 Å². The number of nitrogens with zero attached hydrogens (tertiary/aromatic N) is 2. The maximum absolute atomic E-state index is 11.9. The second-order valence-corrected chi connectivity index (χ2v) is 4.95. The van der Waals surface area contributed by atoms with Crippen LogP contribution in [0.1, 0.15) is 19.3 Å². The Morgan fingerprint density at radius 3 is 2.47 bits per heavy atom. The molecule has 0 radical (unpaired) electrons. The molecule has 5 nitrogen and oxygen atoms in total.